The molecule has 0 N–H and O–H groups in total. The number of aromatic nitrogens is 2. The number of amides is 1. The zero-order valence-electron chi connectivity index (χ0n) is 16.3. The standard InChI is InChI=1S/C22H28N4O2/c27-21(19-8-3-15-28-19)25-12-4-9-22(11-14-25)10-5-13-26(22)20-17-6-1-2-7-18(17)23-16-24-20/h1-2,6-7,16,19H,3-5,8-15H2/t19-,22-/m1/s1. The Morgan fingerprint density at radius 2 is 1.89 bits per heavy atom. The first-order valence-electron chi connectivity index (χ1n) is 10.6. The second kappa shape index (κ2) is 7.32. The van der Waals surface area contributed by atoms with Crippen LogP contribution >= 0.6 is 0 Å². The molecule has 0 bridgehead atoms. The molecule has 2 atom stereocenters. The van der Waals surface area contributed by atoms with Crippen LogP contribution in [0.1, 0.15) is 44.9 Å². The van der Waals surface area contributed by atoms with Gasteiger partial charge in [-0.2, -0.15) is 0 Å². The first-order valence-corrected chi connectivity index (χ1v) is 10.6. The van der Waals surface area contributed by atoms with Crippen LogP contribution in [0.3, 0.4) is 0 Å². The molecule has 1 aromatic carbocycles. The van der Waals surface area contributed by atoms with Gasteiger partial charge in [-0.05, 0) is 57.1 Å². The lowest BCUT2D eigenvalue weighted by Gasteiger charge is -2.39. The molecule has 0 saturated carbocycles. The van der Waals surface area contributed by atoms with Gasteiger partial charge in [0.25, 0.3) is 5.91 Å². The summed E-state index contributed by atoms with van der Waals surface area (Å²) in [6, 6.07) is 8.27. The Balaban J connectivity index is 1.40. The SMILES string of the molecule is O=C([C@H]1CCCO1)N1CCC[C@@]2(CCCN2c2ncnc3ccccc23)CC1. The fourth-order valence-electron chi connectivity index (χ4n) is 5.37. The summed E-state index contributed by atoms with van der Waals surface area (Å²) in [5, 5.41) is 1.13. The molecule has 3 saturated heterocycles. The average molecular weight is 380 g/mol. The van der Waals surface area contributed by atoms with E-state index in [1.807, 2.05) is 6.07 Å². The predicted molar refractivity (Wildman–Crippen MR) is 108 cm³/mol. The van der Waals surface area contributed by atoms with Gasteiger partial charge in [0, 0.05) is 37.2 Å². The smallest absolute Gasteiger partial charge is 0.251 e. The molecule has 1 amide bonds. The topological polar surface area (TPSA) is 58.6 Å². The fourth-order valence-corrected chi connectivity index (χ4v) is 5.37. The second-order valence-corrected chi connectivity index (χ2v) is 8.37. The van der Waals surface area contributed by atoms with Crippen molar-refractivity contribution in [3.05, 3.63) is 30.6 Å². The molecule has 4 heterocycles. The molecule has 3 aliphatic rings. The van der Waals surface area contributed by atoms with E-state index >= 15 is 0 Å². The van der Waals surface area contributed by atoms with Crippen molar-refractivity contribution in [1.29, 1.82) is 0 Å². The normalized spacial score (nSPS) is 28.2. The molecule has 148 valence electrons. The quantitative estimate of drug-likeness (QED) is 0.801. The van der Waals surface area contributed by atoms with Crippen molar-refractivity contribution >= 4 is 22.6 Å². The summed E-state index contributed by atoms with van der Waals surface area (Å²) in [6.45, 7) is 3.42. The highest BCUT2D eigenvalue weighted by atomic mass is 16.5. The van der Waals surface area contributed by atoms with Gasteiger partial charge >= 0.3 is 0 Å². The molecular formula is C22H28N4O2. The first-order chi connectivity index (χ1) is 13.8. The maximum Gasteiger partial charge on any atom is 0.251 e. The molecule has 6 heteroatoms. The lowest BCUT2D eigenvalue weighted by Crippen LogP contribution is -2.46. The van der Waals surface area contributed by atoms with Gasteiger partial charge in [-0.15, -0.1) is 0 Å². The summed E-state index contributed by atoms with van der Waals surface area (Å²) in [4.78, 5) is 26.6. The fraction of sp³-hybridized carbons (Fsp3) is 0.591. The Morgan fingerprint density at radius 1 is 1.04 bits per heavy atom. The van der Waals surface area contributed by atoms with E-state index in [9.17, 15) is 4.79 Å². The van der Waals surface area contributed by atoms with E-state index in [1.54, 1.807) is 6.33 Å². The molecular weight excluding hydrogens is 352 g/mol. The van der Waals surface area contributed by atoms with Crippen LogP contribution in [0.25, 0.3) is 10.9 Å². The third kappa shape index (κ3) is 3.04. The number of hydrogen-bond acceptors (Lipinski definition) is 5. The Bertz CT molecular complexity index is 861. The minimum Gasteiger partial charge on any atom is -0.368 e. The van der Waals surface area contributed by atoms with Crippen LogP contribution in [0.4, 0.5) is 5.82 Å². The van der Waals surface area contributed by atoms with E-state index in [2.05, 4.69) is 33.0 Å². The van der Waals surface area contributed by atoms with Crippen LogP contribution in [0, 0.1) is 0 Å². The number of likely N-dealkylation sites (tertiary alicyclic amines) is 1. The third-order valence-electron chi connectivity index (χ3n) is 6.81. The summed E-state index contributed by atoms with van der Waals surface area (Å²) < 4.78 is 5.65. The summed E-state index contributed by atoms with van der Waals surface area (Å²) in [5.41, 5.74) is 1.10. The van der Waals surface area contributed by atoms with Crippen molar-refractivity contribution in [1.82, 2.24) is 14.9 Å². The molecule has 1 aromatic heterocycles. The van der Waals surface area contributed by atoms with Gasteiger partial charge < -0.3 is 14.5 Å². The number of carbonyl (C=O) groups is 1. The monoisotopic (exact) mass is 380 g/mol. The van der Waals surface area contributed by atoms with Gasteiger partial charge in [0.2, 0.25) is 0 Å². The lowest BCUT2D eigenvalue weighted by molar-refractivity contribution is -0.140. The molecule has 3 fully saturated rings. The van der Waals surface area contributed by atoms with E-state index in [4.69, 9.17) is 9.72 Å². The molecule has 3 aliphatic heterocycles. The number of carbonyl (C=O) groups excluding carboxylic acids is 1. The Morgan fingerprint density at radius 3 is 2.75 bits per heavy atom. The summed E-state index contributed by atoms with van der Waals surface area (Å²) in [7, 11) is 0. The van der Waals surface area contributed by atoms with Crippen LogP contribution in [0.2, 0.25) is 0 Å². The maximum atomic E-state index is 12.8. The van der Waals surface area contributed by atoms with Crippen LogP contribution < -0.4 is 4.90 Å². The highest BCUT2D eigenvalue weighted by Crippen LogP contribution is 2.42. The van der Waals surface area contributed by atoms with Gasteiger partial charge in [-0.1, -0.05) is 12.1 Å². The molecule has 6 nitrogen and oxygen atoms in total. The molecule has 1 spiro atoms. The van der Waals surface area contributed by atoms with Crippen molar-refractivity contribution in [2.24, 2.45) is 0 Å². The van der Waals surface area contributed by atoms with Crippen molar-refractivity contribution < 1.29 is 9.53 Å². The zero-order valence-corrected chi connectivity index (χ0v) is 16.3. The van der Waals surface area contributed by atoms with Gasteiger partial charge in [0.05, 0.1) is 5.52 Å². The van der Waals surface area contributed by atoms with Crippen molar-refractivity contribution in [2.45, 2.75) is 56.6 Å². The highest BCUT2D eigenvalue weighted by Gasteiger charge is 2.44. The number of rotatable bonds is 2. The number of hydrogen-bond donors (Lipinski definition) is 0. The van der Waals surface area contributed by atoms with Crippen LogP contribution in [-0.4, -0.2) is 58.7 Å². The van der Waals surface area contributed by atoms with E-state index < -0.39 is 0 Å². The van der Waals surface area contributed by atoms with Crippen molar-refractivity contribution in [3.63, 3.8) is 0 Å². The van der Waals surface area contributed by atoms with E-state index in [0.717, 1.165) is 75.1 Å². The average Bonchev–Trinajstić information content (AvgIpc) is 3.35. The Kier molecular flexibility index (Phi) is 4.67. The number of nitrogens with zero attached hydrogens (tertiary/aromatic N) is 4. The number of ether oxygens (including phenoxy) is 1. The zero-order chi connectivity index (χ0) is 19.0. The Labute approximate surface area is 165 Å². The molecule has 0 aliphatic carbocycles. The van der Waals surface area contributed by atoms with Crippen LogP contribution in [0.5, 0.6) is 0 Å². The van der Waals surface area contributed by atoms with Crippen LogP contribution in [0.15, 0.2) is 30.6 Å². The van der Waals surface area contributed by atoms with E-state index in [-0.39, 0.29) is 17.6 Å². The predicted octanol–water partition coefficient (Wildman–Crippen LogP) is 3.16. The largest absolute Gasteiger partial charge is 0.368 e. The molecule has 2 aromatic rings. The van der Waals surface area contributed by atoms with Gasteiger partial charge in [0.15, 0.2) is 0 Å². The second-order valence-electron chi connectivity index (χ2n) is 8.37. The molecule has 5 rings (SSSR count). The van der Waals surface area contributed by atoms with Gasteiger partial charge in [-0.25, -0.2) is 9.97 Å². The third-order valence-corrected chi connectivity index (χ3v) is 6.81. The minimum absolute atomic E-state index is 0.0999. The van der Waals surface area contributed by atoms with Crippen LogP contribution in [-0.2, 0) is 9.53 Å². The van der Waals surface area contributed by atoms with Crippen molar-refractivity contribution in [2.75, 3.05) is 31.1 Å². The van der Waals surface area contributed by atoms with Crippen molar-refractivity contribution in [3.8, 4) is 0 Å². The van der Waals surface area contributed by atoms with E-state index in [1.165, 1.54) is 12.8 Å². The van der Waals surface area contributed by atoms with E-state index in [0.29, 0.717) is 0 Å². The summed E-state index contributed by atoms with van der Waals surface area (Å²) >= 11 is 0. The highest BCUT2D eigenvalue weighted by molar-refractivity contribution is 5.89. The molecule has 28 heavy (non-hydrogen) atoms. The number of benzene rings is 1. The van der Waals surface area contributed by atoms with Gasteiger partial charge in [-0.3, -0.25) is 4.79 Å². The summed E-state index contributed by atoms with van der Waals surface area (Å²) in [5.74, 6) is 1.26. The van der Waals surface area contributed by atoms with Gasteiger partial charge in [0.1, 0.15) is 18.2 Å². The molecule has 0 unspecified atom stereocenters. The Hall–Kier alpha value is -2.21. The first kappa shape index (κ1) is 17.9. The maximum absolute atomic E-state index is 12.8. The molecule has 0 radical (unpaired) electrons. The number of fused-ring (bicyclic) bond motifs is 1. The number of para-hydroxylation sites is 1. The lowest BCUT2D eigenvalue weighted by atomic mass is 9.87. The minimum atomic E-state index is -0.209. The summed E-state index contributed by atoms with van der Waals surface area (Å²) in [6.07, 6.45) is 8.86. The number of anilines is 1.